The Balaban J connectivity index is 1.56. The first kappa shape index (κ1) is 26.5. The van der Waals surface area contributed by atoms with E-state index < -0.39 is 12.2 Å². The van der Waals surface area contributed by atoms with E-state index in [1.807, 2.05) is 12.1 Å². The van der Waals surface area contributed by atoms with Crippen LogP contribution in [0, 0.1) is 17.2 Å². The number of halogens is 2. The molecule has 1 aliphatic carbocycles. The van der Waals surface area contributed by atoms with E-state index in [0.29, 0.717) is 27.9 Å². The monoisotopic (exact) mass is 533 g/mol. The molecular formula is C29H29F2N5O3. The molecule has 0 bridgehead atoms. The van der Waals surface area contributed by atoms with Crippen molar-refractivity contribution in [3.8, 4) is 22.9 Å². The molecule has 1 N–H and O–H groups in total. The molecule has 0 amide bonds. The first-order chi connectivity index (χ1) is 18.5. The van der Waals surface area contributed by atoms with Crippen molar-refractivity contribution in [1.29, 1.82) is 5.26 Å². The maximum Gasteiger partial charge on any atom is 0.387 e. The number of nitriles is 1. The second-order valence-electron chi connectivity index (χ2n) is 10.6. The average Bonchev–Trinajstić information content (AvgIpc) is 3.48. The van der Waals surface area contributed by atoms with Gasteiger partial charge in [0.25, 0.3) is 5.56 Å². The summed E-state index contributed by atoms with van der Waals surface area (Å²) in [4.78, 5) is 21.6. The second-order valence-corrected chi connectivity index (χ2v) is 10.6. The van der Waals surface area contributed by atoms with Crippen LogP contribution in [-0.2, 0) is 19.2 Å². The Morgan fingerprint density at radius 2 is 1.90 bits per heavy atom. The molecule has 0 radical (unpaired) electrons. The van der Waals surface area contributed by atoms with E-state index in [0.717, 1.165) is 30.4 Å². The van der Waals surface area contributed by atoms with Gasteiger partial charge in [-0.2, -0.15) is 14.0 Å². The largest absolute Gasteiger partial charge is 0.434 e. The van der Waals surface area contributed by atoms with Gasteiger partial charge in [-0.05, 0) is 74.4 Å². The Kier molecular flexibility index (Phi) is 6.95. The van der Waals surface area contributed by atoms with Crippen LogP contribution in [0.15, 0.2) is 53.6 Å². The number of rotatable bonds is 7. The van der Waals surface area contributed by atoms with E-state index in [9.17, 15) is 23.9 Å². The van der Waals surface area contributed by atoms with Gasteiger partial charge in [0, 0.05) is 36.5 Å². The van der Waals surface area contributed by atoms with E-state index >= 15 is 0 Å². The minimum atomic E-state index is -2.99. The van der Waals surface area contributed by atoms with E-state index in [1.165, 1.54) is 4.68 Å². The van der Waals surface area contributed by atoms with Crippen LogP contribution in [0.5, 0.6) is 5.75 Å². The van der Waals surface area contributed by atoms with Crippen LogP contribution in [-0.4, -0.2) is 31.0 Å². The Labute approximate surface area is 224 Å². The Morgan fingerprint density at radius 1 is 1.15 bits per heavy atom. The van der Waals surface area contributed by atoms with Crippen LogP contribution in [0.1, 0.15) is 56.0 Å². The minimum Gasteiger partial charge on any atom is -0.434 e. The minimum absolute atomic E-state index is 0.00966. The molecule has 2 atom stereocenters. The van der Waals surface area contributed by atoms with Crippen molar-refractivity contribution in [3.05, 3.63) is 76.1 Å². The summed E-state index contributed by atoms with van der Waals surface area (Å²) in [6.07, 6.45) is 5.62. The molecule has 0 unspecified atom stereocenters. The highest BCUT2D eigenvalue weighted by Crippen LogP contribution is 2.39. The fraction of sp³-hybridized carbons (Fsp3) is 0.379. The third-order valence-corrected chi connectivity index (χ3v) is 7.40. The predicted molar refractivity (Wildman–Crippen MR) is 141 cm³/mol. The lowest BCUT2D eigenvalue weighted by Gasteiger charge is -2.18. The lowest BCUT2D eigenvalue weighted by molar-refractivity contribution is -0.0505. The lowest BCUT2D eigenvalue weighted by Crippen LogP contribution is -2.20. The third-order valence-electron chi connectivity index (χ3n) is 7.40. The van der Waals surface area contributed by atoms with Gasteiger partial charge >= 0.3 is 6.61 Å². The smallest absolute Gasteiger partial charge is 0.387 e. The molecule has 2 heterocycles. The maximum atomic E-state index is 13.3. The van der Waals surface area contributed by atoms with Gasteiger partial charge in [0.2, 0.25) is 0 Å². The van der Waals surface area contributed by atoms with E-state index in [4.69, 9.17) is 4.74 Å². The number of benzene rings is 2. The number of hydrogen-bond acceptors (Lipinski definition) is 6. The molecule has 1 aliphatic rings. The van der Waals surface area contributed by atoms with E-state index in [1.54, 1.807) is 62.2 Å². The number of alkyl halides is 2. The topological polar surface area (TPSA) is 106 Å². The van der Waals surface area contributed by atoms with Crippen molar-refractivity contribution in [1.82, 2.24) is 19.3 Å². The van der Waals surface area contributed by atoms with Gasteiger partial charge in [-0.15, -0.1) is 0 Å². The maximum absolute atomic E-state index is 13.3. The lowest BCUT2D eigenvalue weighted by atomic mass is 9.94. The molecule has 202 valence electrons. The van der Waals surface area contributed by atoms with Crippen molar-refractivity contribution in [2.75, 3.05) is 0 Å². The molecule has 39 heavy (non-hydrogen) atoms. The Hall–Kier alpha value is -4.10. The fourth-order valence-corrected chi connectivity index (χ4v) is 5.29. The summed E-state index contributed by atoms with van der Waals surface area (Å²) in [6, 6.07) is 12.9. The van der Waals surface area contributed by atoms with Crippen molar-refractivity contribution >= 4 is 10.9 Å². The molecule has 4 aromatic rings. The number of nitrogens with zero attached hydrogens (tertiary/aromatic N) is 5. The number of hydrogen-bond donors (Lipinski definition) is 1. The van der Waals surface area contributed by atoms with Crippen LogP contribution in [0.4, 0.5) is 8.78 Å². The summed E-state index contributed by atoms with van der Waals surface area (Å²) >= 11 is 0. The number of fused-ring (bicyclic) bond motifs is 1. The van der Waals surface area contributed by atoms with Crippen LogP contribution in [0.25, 0.3) is 22.0 Å². The normalized spacial score (nSPS) is 17.6. The quantitative estimate of drug-likeness (QED) is 0.355. The number of ether oxygens (including phenoxy) is 1. The van der Waals surface area contributed by atoms with Crippen molar-refractivity contribution < 1.29 is 18.6 Å². The van der Waals surface area contributed by atoms with Crippen molar-refractivity contribution in [2.45, 2.75) is 57.8 Å². The van der Waals surface area contributed by atoms with Gasteiger partial charge in [0.15, 0.2) is 5.82 Å². The molecule has 10 heteroatoms. The van der Waals surface area contributed by atoms with Gasteiger partial charge in [-0.25, -0.2) is 9.97 Å². The SMILES string of the molecule is Cn1c(=O)c2ccc(-c3cnc(C(C)(C)O)nc3)cc2n1Cc1cc([C@H]2CC[C@H](C#N)C2)ccc1OC(F)F. The molecule has 0 aliphatic heterocycles. The highest BCUT2D eigenvalue weighted by atomic mass is 19.3. The van der Waals surface area contributed by atoms with E-state index in [-0.39, 0.29) is 29.7 Å². The summed E-state index contributed by atoms with van der Waals surface area (Å²) in [7, 11) is 1.63. The number of aliphatic hydroxyl groups is 1. The van der Waals surface area contributed by atoms with Gasteiger partial charge in [-0.1, -0.05) is 12.1 Å². The molecule has 2 aromatic heterocycles. The van der Waals surface area contributed by atoms with Gasteiger partial charge in [0.1, 0.15) is 11.4 Å². The summed E-state index contributed by atoms with van der Waals surface area (Å²) in [5, 5.41) is 19.9. The molecule has 2 aromatic carbocycles. The van der Waals surface area contributed by atoms with E-state index in [2.05, 4.69) is 16.0 Å². The Morgan fingerprint density at radius 3 is 2.54 bits per heavy atom. The van der Waals surface area contributed by atoms with Crippen molar-refractivity contribution in [3.63, 3.8) is 0 Å². The molecule has 8 nitrogen and oxygen atoms in total. The summed E-state index contributed by atoms with van der Waals surface area (Å²) in [5.41, 5.74) is 2.17. The zero-order valence-corrected chi connectivity index (χ0v) is 21.9. The zero-order valence-electron chi connectivity index (χ0n) is 21.9. The first-order valence-corrected chi connectivity index (χ1v) is 12.8. The molecule has 1 fully saturated rings. The van der Waals surface area contributed by atoms with Gasteiger partial charge < -0.3 is 9.84 Å². The summed E-state index contributed by atoms with van der Waals surface area (Å²) in [6.45, 7) is 0.336. The molecular weight excluding hydrogens is 504 g/mol. The summed E-state index contributed by atoms with van der Waals surface area (Å²) < 4.78 is 34.6. The molecule has 5 rings (SSSR count). The average molecular weight is 534 g/mol. The van der Waals surface area contributed by atoms with Crippen LogP contribution >= 0.6 is 0 Å². The second kappa shape index (κ2) is 10.2. The first-order valence-electron chi connectivity index (χ1n) is 12.8. The van der Waals surface area contributed by atoms with Crippen LogP contribution < -0.4 is 10.3 Å². The standard InChI is InChI=1S/C29H29F2N5O3/c1-29(2,38)27-33-14-22(15-34-27)20-6-8-23-24(12-20)36(35(3)26(23)37)16-21-11-19(7-9-25(21)39-28(30)31)18-5-4-17(10-18)13-32/h6-9,11-12,14-15,17-18,28,38H,4-5,10,16H2,1-3H3/t17-,18-/m0/s1. The fourth-order valence-electron chi connectivity index (χ4n) is 5.29. The molecule has 0 saturated heterocycles. The van der Waals surface area contributed by atoms with Crippen LogP contribution in [0.2, 0.25) is 0 Å². The molecule has 0 spiro atoms. The summed E-state index contributed by atoms with van der Waals surface area (Å²) in [5.74, 6) is 0.491. The van der Waals surface area contributed by atoms with Gasteiger partial charge in [0.05, 0.1) is 23.5 Å². The van der Waals surface area contributed by atoms with Crippen LogP contribution in [0.3, 0.4) is 0 Å². The zero-order chi connectivity index (χ0) is 27.9. The van der Waals surface area contributed by atoms with Gasteiger partial charge in [-0.3, -0.25) is 14.2 Å². The molecule has 1 saturated carbocycles. The third kappa shape index (κ3) is 5.27. The highest BCUT2D eigenvalue weighted by molar-refractivity contribution is 5.84. The number of aromatic nitrogens is 4. The predicted octanol–water partition coefficient (Wildman–Crippen LogP) is 5.08. The highest BCUT2D eigenvalue weighted by Gasteiger charge is 2.27. The Bertz CT molecular complexity index is 1610. The van der Waals surface area contributed by atoms with Crippen molar-refractivity contribution in [2.24, 2.45) is 13.0 Å².